The predicted molar refractivity (Wildman–Crippen MR) is 75.6 cm³/mol. The van der Waals surface area contributed by atoms with Crippen LogP contribution in [0.15, 0.2) is 12.4 Å². The molecule has 0 saturated heterocycles. The van der Waals surface area contributed by atoms with Gasteiger partial charge in [-0.15, -0.1) is 0 Å². The molecule has 108 valence electrons. The van der Waals surface area contributed by atoms with Crippen LogP contribution in [0.1, 0.15) is 44.5 Å². The fraction of sp³-hybridized carbons (Fsp3) is 0.769. The SMILES string of the molecule is CC(NC1CCCC(S(C)(=O)=O)C1)c1nccn1C. The molecule has 0 aliphatic heterocycles. The summed E-state index contributed by atoms with van der Waals surface area (Å²) in [6.45, 7) is 2.08. The van der Waals surface area contributed by atoms with E-state index in [1.54, 1.807) is 6.20 Å². The van der Waals surface area contributed by atoms with Crippen LogP contribution in [0.3, 0.4) is 0 Å². The van der Waals surface area contributed by atoms with Crippen molar-refractivity contribution < 1.29 is 8.42 Å². The van der Waals surface area contributed by atoms with Crippen LogP contribution in [0.4, 0.5) is 0 Å². The van der Waals surface area contributed by atoms with Crippen molar-refractivity contribution in [1.82, 2.24) is 14.9 Å². The van der Waals surface area contributed by atoms with Crippen LogP contribution >= 0.6 is 0 Å². The van der Waals surface area contributed by atoms with Gasteiger partial charge in [-0.3, -0.25) is 0 Å². The van der Waals surface area contributed by atoms with Crippen molar-refractivity contribution in [2.75, 3.05) is 6.26 Å². The van der Waals surface area contributed by atoms with E-state index in [9.17, 15) is 8.42 Å². The van der Waals surface area contributed by atoms with E-state index < -0.39 is 9.84 Å². The number of sulfone groups is 1. The Balaban J connectivity index is 1.98. The Labute approximate surface area is 115 Å². The molecular weight excluding hydrogens is 262 g/mol. The van der Waals surface area contributed by atoms with Crippen LogP contribution in [-0.4, -0.2) is 35.5 Å². The van der Waals surface area contributed by atoms with E-state index in [1.807, 2.05) is 17.8 Å². The number of imidazole rings is 1. The third-order valence-corrected chi connectivity index (χ3v) is 5.60. The van der Waals surface area contributed by atoms with Gasteiger partial charge in [0.2, 0.25) is 0 Å². The Morgan fingerprint density at radius 2 is 2.21 bits per heavy atom. The molecule has 0 amide bonds. The quantitative estimate of drug-likeness (QED) is 0.909. The van der Waals surface area contributed by atoms with Crippen molar-refractivity contribution >= 4 is 9.84 Å². The monoisotopic (exact) mass is 285 g/mol. The molecule has 1 saturated carbocycles. The molecule has 2 rings (SSSR count). The van der Waals surface area contributed by atoms with E-state index >= 15 is 0 Å². The summed E-state index contributed by atoms with van der Waals surface area (Å²) in [5, 5.41) is 3.33. The first-order valence-corrected chi connectivity index (χ1v) is 8.75. The lowest BCUT2D eigenvalue weighted by Crippen LogP contribution is -2.40. The Morgan fingerprint density at radius 1 is 1.47 bits per heavy atom. The summed E-state index contributed by atoms with van der Waals surface area (Å²) in [6.07, 6.45) is 8.59. The number of nitrogens with one attached hydrogen (secondary N) is 1. The molecule has 1 aliphatic carbocycles. The minimum atomic E-state index is -2.92. The fourth-order valence-electron chi connectivity index (χ4n) is 2.91. The molecule has 0 bridgehead atoms. The second-order valence-corrected chi connectivity index (χ2v) is 7.93. The summed E-state index contributed by atoms with van der Waals surface area (Å²) < 4.78 is 25.3. The third kappa shape index (κ3) is 3.57. The van der Waals surface area contributed by atoms with Crippen molar-refractivity contribution in [3.63, 3.8) is 0 Å². The van der Waals surface area contributed by atoms with Crippen LogP contribution in [0.5, 0.6) is 0 Å². The van der Waals surface area contributed by atoms with Crippen molar-refractivity contribution in [1.29, 1.82) is 0 Å². The van der Waals surface area contributed by atoms with Gasteiger partial charge < -0.3 is 9.88 Å². The van der Waals surface area contributed by atoms with Crippen molar-refractivity contribution in [3.8, 4) is 0 Å². The highest BCUT2D eigenvalue weighted by molar-refractivity contribution is 7.91. The first-order valence-electron chi connectivity index (χ1n) is 6.80. The van der Waals surface area contributed by atoms with Crippen molar-refractivity contribution in [2.45, 2.75) is 49.9 Å². The van der Waals surface area contributed by atoms with Gasteiger partial charge in [0.25, 0.3) is 0 Å². The maximum absolute atomic E-state index is 11.7. The Hall–Kier alpha value is -0.880. The lowest BCUT2D eigenvalue weighted by atomic mass is 9.94. The fourth-order valence-corrected chi connectivity index (χ4v) is 4.08. The van der Waals surface area contributed by atoms with Gasteiger partial charge in [-0.25, -0.2) is 13.4 Å². The maximum Gasteiger partial charge on any atom is 0.150 e. The molecule has 1 aromatic heterocycles. The zero-order chi connectivity index (χ0) is 14.0. The smallest absolute Gasteiger partial charge is 0.150 e. The van der Waals surface area contributed by atoms with Crippen LogP contribution in [0, 0.1) is 0 Å². The molecule has 1 aliphatic rings. The molecule has 3 unspecified atom stereocenters. The first-order chi connectivity index (χ1) is 8.88. The number of aromatic nitrogens is 2. The Bertz CT molecular complexity index is 524. The summed E-state index contributed by atoms with van der Waals surface area (Å²) >= 11 is 0. The van der Waals surface area contributed by atoms with Gasteiger partial charge in [-0.2, -0.15) is 0 Å². The minimum Gasteiger partial charge on any atom is -0.337 e. The van der Waals surface area contributed by atoms with Gasteiger partial charge in [0.05, 0.1) is 11.3 Å². The Kier molecular flexibility index (Phi) is 4.30. The highest BCUT2D eigenvalue weighted by Crippen LogP contribution is 2.25. The van der Waals surface area contributed by atoms with E-state index in [0.717, 1.165) is 25.1 Å². The molecule has 1 heterocycles. The number of hydrogen-bond donors (Lipinski definition) is 1. The average Bonchev–Trinajstić information content (AvgIpc) is 2.75. The van der Waals surface area contributed by atoms with Gasteiger partial charge in [0.1, 0.15) is 15.7 Å². The van der Waals surface area contributed by atoms with Crippen LogP contribution in [0.2, 0.25) is 0 Å². The molecule has 1 N–H and O–H groups in total. The lowest BCUT2D eigenvalue weighted by molar-refractivity contribution is 0.339. The van der Waals surface area contributed by atoms with Gasteiger partial charge in [-0.1, -0.05) is 6.42 Å². The summed E-state index contributed by atoms with van der Waals surface area (Å²) in [5.41, 5.74) is 0. The van der Waals surface area contributed by atoms with Crippen LogP contribution < -0.4 is 5.32 Å². The zero-order valence-corrected chi connectivity index (χ0v) is 12.7. The highest BCUT2D eigenvalue weighted by atomic mass is 32.2. The third-order valence-electron chi connectivity index (χ3n) is 3.96. The number of aryl methyl sites for hydroxylation is 1. The summed E-state index contributed by atoms with van der Waals surface area (Å²) in [7, 11) is -0.944. The van der Waals surface area contributed by atoms with Crippen molar-refractivity contribution in [3.05, 3.63) is 18.2 Å². The van der Waals surface area contributed by atoms with E-state index in [1.165, 1.54) is 6.26 Å². The van der Waals surface area contributed by atoms with E-state index in [2.05, 4.69) is 17.2 Å². The second-order valence-electron chi connectivity index (χ2n) is 5.60. The van der Waals surface area contributed by atoms with Crippen LogP contribution in [0.25, 0.3) is 0 Å². The molecule has 0 radical (unpaired) electrons. The van der Waals surface area contributed by atoms with E-state index in [4.69, 9.17) is 0 Å². The van der Waals surface area contributed by atoms with Gasteiger partial charge in [0.15, 0.2) is 0 Å². The highest BCUT2D eigenvalue weighted by Gasteiger charge is 2.29. The van der Waals surface area contributed by atoms with Gasteiger partial charge in [-0.05, 0) is 26.2 Å². The molecule has 5 nitrogen and oxygen atoms in total. The maximum atomic E-state index is 11.7. The topological polar surface area (TPSA) is 64.0 Å². The zero-order valence-electron chi connectivity index (χ0n) is 11.8. The summed E-state index contributed by atoms with van der Waals surface area (Å²) in [4.78, 5) is 4.33. The first kappa shape index (κ1) is 14.5. The molecular formula is C13H23N3O2S. The molecule has 1 aromatic rings. The second kappa shape index (κ2) is 5.63. The van der Waals surface area contributed by atoms with E-state index in [0.29, 0.717) is 6.42 Å². The minimum absolute atomic E-state index is 0.142. The van der Waals surface area contributed by atoms with Gasteiger partial charge in [0, 0.05) is 31.7 Å². The largest absolute Gasteiger partial charge is 0.337 e. The van der Waals surface area contributed by atoms with Crippen LogP contribution in [-0.2, 0) is 16.9 Å². The standard InChI is InChI=1S/C13H23N3O2S/c1-10(13-14-7-8-16(13)2)15-11-5-4-6-12(9-11)19(3,17)18/h7-8,10-12,15H,4-6,9H2,1-3H3. The molecule has 6 heteroatoms. The predicted octanol–water partition coefficient (Wildman–Crippen LogP) is 1.43. The summed E-state index contributed by atoms with van der Waals surface area (Å²) in [5.74, 6) is 0.987. The summed E-state index contributed by atoms with van der Waals surface area (Å²) in [6, 6.07) is 0.406. The molecule has 3 atom stereocenters. The molecule has 0 aromatic carbocycles. The lowest BCUT2D eigenvalue weighted by Gasteiger charge is -2.30. The number of nitrogens with zero attached hydrogens (tertiary/aromatic N) is 2. The molecule has 1 fully saturated rings. The Morgan fingerprint density at radius 3 is 2.79 bits per heavy atom. The van der Waals surface area contributed by atoms with Gasteiger partial charge >= 0.3 is 0 Å². The normalized spacial score (nSPS) is 26.3. The molecule has 0 spiro atoms. The molecule has 19 heavy (non-hydrogen) atoms. The average molecular weight is 285 g/mol. The number of rotatable bonds is 4. The van der Waals surface area contributed by atoms with E-state index in [-0.39, 0.29) is 17.3 Å². The van der Waals surface area contributed by atoms with Crippen molar-refractivity contribution in [2.24, 2.45) is 7.05 Å². The number of hydrogen-bond acceptors (Lipinski definition) is 4.